The van der Waals surface area contributed by atoms with Gasteiger partial charge in [-0.05, 0) is 62.3 Å². The molecule has 4 aromatic carbocycles. The molecule has 0 bridgehead atoms. The Kier molecular flexibility index (Phi) is 5.79. The number of nitrogens with zero attached hydrogens (tertiary/aromatic N) is 3. The third-order valence-corrected chi connectivity index (χ3v) is 6.52. The first-order valence-corrected chi connectivity index (χ1v) is 11.8. The highest BCUT2D eigenvalue weighted by atomic mass is 35.5. The molecule has 0 spiro atoms. The summed E-state index contributed by atoms with van der Waals surface area (Å²) in [5.74, 6) is 1.03. The Morgan fingerprint density at radius 2 is 1.56 bits per heavy atom. The van der Waals surface area contributed by atoms with Crippen molar-refractivity contribution >= 4 is 43.9 Å². The molecule has 0 radical (unpaired) electrons. The lowest BCUT2D eigenvalue weighted by Crippen LogP contribution is -2.13. The van der Waals surface area contributed by atoms with Gasteiger partial charge in [0.25, 0.3) is 0 Å². The summed E-state index contributed by atoms with van der Waals surface area (Å²) in [5, 5.41) is 7.41. The van der Waals surface area contributed by atoms with Crippen LogP contribution in [-0.4, -0.2) is 21.6 Å². The fraction of sp³-hybridized carbons (Fsp3) is 0.296. The van der Waals surface area contributed by atoms with Crippen LogP contribution in [0.2, 0.25) is 5.28 Å². The van der Waals surface area contributed by atoms with E-state index in [9.17, 15) is 0 Å². The monoisotopic (exact) mass is 443 g/mol. The van der Waals surface area contributed by atoms with Crippen LogP contribution in [0, 0.1) is 5.92 Å². The van der Waals surface area contributed by atoms with Crippen LogP contribution in [0.3, 0.4) is 0 Å². The molecule has 1 unspecified atom stereocenters. The van der Waals surface area contributed by atoms with Gasteiger partial charge in [0, 0.05) is 5.56 Å². The lowest BCUT2D eigenvalue weighted by atomic mass is 9.92. The Bertz CT molecular complexity index is 1370. The molecule has 0 N–H and O–H groups in total. The van der Waals surface area contributed by atoms with E-state index in [1.165, 1.54) is 39.8 Å². The molecule has 0 amide bonds. The van der Waals surface area contributed by atoms with E-state index in [0.717, 1.165) is 23.8 Å². The van der Waals surface area contributed by atoms with Crippen LogP contribution in [0.15, 0.2) is 54.6 Å². The lowest BCUT2D eigenvalue weighted by Gasteiger charge is -2.15. The number of hydrogen-bond acceptors (Lipinski definition) is 4. The van der Waals surface area contributed by atoms with Crippen molar-refractivity contribution in [3.63, 3.8) is 0 Å². The summed E-state index contributed by atoms with van der Waals surface area (Å²) in [7, 11) is 0. The number of ether oxygens (including phenoxy) is 1. The first kappa shape index (κ1) is 20.9. The summed E-state index contributed by atoms with van der Waals surface area (Å²) in [4.78, 5) is 13.3. The SMILES string of the molecule is CCCCC(CC)COc1nc(Cl)nc(-c2ccc3ccc4cccc5ccc2c3c45)n1. The van der Waals surface area contributed by atoms with Crippen LogP contribution >= 0.6 is 11.6 Å². The first-order valence-electron chi connectivity index (χ1n) is 11.4. The second-order valence-corrected chi connectivity index (χ2v) is 8.75. The van der Waals surface area contributed by atoms with E-state index >= 15 is 0 Å². The summed E-state index contributed by atoms with van der Waals surface area (Å²) < 4.78 is 5.98. The number of benzene rings is 4. The van der Waals surface area contributed by atoms with Crippen LogP contribution in [0.25, 0.3) is 43.7 Å². The summed E-state index contributed by atoms with van der Waals surface area (Å²) in [6.07, 6.45) is 4.61. The van der Waals surface area contributed by atoms with Gasteiger partial charge in [-0.1, -0.05) is 81.6 Å². The molecule has 0 saturated carbocycles. The van der Waals surface area contributed by atoms with Crippen molar-refractivity contribution in [2.75, 3.05) is 6.61 Å². The quantitative estimate of drug-likeness (QED) is 0.231. The van der Waals surface area contributed by atoms with Gasteiger partial charge in [-0.15, -0.1) is 0 Å². The maximum Gasteiger partial charge on any atom is 0.321 e. The van der Waals surface area contributed by atoms with Gasteiger partial charge in [-0.3, -0.25) is 0 Å². The largest absolute Gasteiger partial charge is 0.463 e. The molecule has 0 aliphatic heterocycles. The fourth-order valence-electron chi connectivity index (χ4n) is 4.54. The van der Waals surface area contributed by atoms with E-state index in [2.05, 4.69) is 83.4 Å². The summed E-state index contributed by atoms with van der Waals surface area (Å²) in [5.41, 5.74) is 0.933. The fourth-order valence-corrected chi connectivity index (χ4v) is 4.69. The number of unbranched alkanes of at least 4 members (excludes halogenated alkanes) is 1. The second kappa shape index (κ2) is 8.87. The Balaban J connectivity index is 1.56. The maximum absolute atomic E-state index is 6.29. The molecule has 1 atom stereocenters. The Labute approximate surface area is 193 Å². The minimum absolute atomic E-state index is 0.150. The average molecular weight is 444 g/mol. The van der Waals surface area contributed by atoms with E-state index < -0.39 is 0 Å². The predicted octanol–water partition coefficient (Wildman–Crippen LogP) is 7.68. The van der Waals surface area contributed by atoms with E-state index in [0.29, 0.717) is 24.4 Å². The molecule has 1 heterocycles. The van der Waals surface area contributed by atoms with Crippen LogP contribution < -0.4 is 4.74 Å². The molecule has 5 rings (SSSR count). The van der Waals surface area contributed by atoms with E-state index in [-0.39, 0.29) is 5.28 Å². The van der Waals surface area contributed by atoms with Crippen LogP contribution in [0.5, 0.6) is 6.01 Å². The summed E-state index contributed by atoms with van der Waals surface area (Å²) in [6, 6.07) is 19.5. The molecular weight excluding hydrogens is 418 g/mol. The molecule has 1 aromatic heterocycles. The highest BCUT2D eigenvalue weighted by molar-refractivity contribution is 6.28. The molecule has 4 nitrogen and oxygen atoms in total. The third-order valence-electron chi connectivity index (χ3n) is 6.35. The van der Waals surface area contributed by atoms with Crippen molar-refractivity contribution in [2.24, 2.45) is 5.92 Å². The standard InChI is InChI=1S/C27H26ClN3O/c1-3-5-7-17(4-2)16-32-27-30-25(29-26(28)31-27)22-15-13-20-11-10-18-8-6-9-19-12-14-21(22)24(20)23(18)19/h6,8-15,17H,3-5,7,16H2,1-2H3. The topological polar surface area (TPSA) is 47.9 Å². The van der Waals surface area contributed by atoms with Crippen LogP contribution in [0.1, 0.15) is 39.5 Å². The van der Waals surface area contributed by atoms with E-state index in [1.807, 2.05) is 0 Å². The smallest absolute Gasteiger partial charge is 0.321 e. The molecule has 5 aromatic rings. The van der Waals surface area contributed by atoms with Crippen molar-refractivity contribution in [3.8, 4) is 17.4 Å². The van der Waals surface area contributed by atoms with Crippen molar-refractivity contribution in [1.29, 1.82) is 0 Å². The zero-order valence-electron chi connectivity index (χ0n) is 18.4. The zero-order valence-corrected chi connectivity index (χ0v) is 19.2. The minimum atomic E-state index is 0.150. The number of hydrogen-bond donors (Lipinski definition) is 0. The Morgan fingerprint density at radius 3 is 2.31 bits per heavy atom. The Hall–Kier alpha value is -2.98. The van der Waals surface area contributed by atoms with Gasteiger partial charge in [-0.2, -0.15) is 15.0 Å². The number of aromatic nitrogens is 3. The number of rotatable bonds is 8. The molecule has 0 aliphatic rings. The maximum atomic E-state index is 6.29. The molecule has 32 heavy (non-hydrogen) atoms. The van der Waals surface area contributed by atoms with Gasteiger partial charge in [0.1, 0.15) is 0 Å². The summed E-state index contributed by atoms with van der Waals surface area (Å²) >= 11 is 6.29. The van der Waals surface area contributed by atoms with E-state index in [1.54, 1.807) is 0 Å². The molecule has 162 valence electrons. The van der Waals surface area contributed by atoms with Gasteiger partial charge in [0.05, 0.1) is 6.61 Å². The molecule has 0 fully saturated rings. The van der Waals surface area contributed by atoms with Gasteiger partial charge in [0.2, 0.25) is 5.28 Å². The normalized spacial score (nSPS) is 12.7. The van der Waals surface area contributed by atoms with Crippen LogP contribution in [0.4, 0.5) is 0 Å². The van der Waals surface area contributed by atoms with E-state index in [4.69, 9.17) is 16.3 Å². The number of halogens is 1. The van der Waals surface area contributed by atoms with Crippen molar-refractivity contribution in [1.82, 2.24) is 15.0 Å². The van der Waals surface area contributed by atoms with Crippen LogP contribution in [-0.2, 0) is 0 Å². The zero-order chi connectivity index (χ0) is 22.1. The summed E-state index contributed by atoms with van der Waals surface area (Å²) in [6.45, 7) is 5.00. The van der Waals surface area contributed by atoms with Gasteiger partial charge in [0.15, 0.2) is 5.82 Å². The van der Waals surface area contributed by atoms with Crippen molar-refractivity contribution in [2.45, 2.75) is 39.5 Å². The van der Waals surface area contributed by atoms with Gasteiger partial charge in [-0.25, -0.2) is 0 Å². The van der Waals surface area contributed by atoms with Gasteiger partial charge < -0.3 is 4.74 Å². The third kappa shape index (κ3) is 3.84. The Morgan fingerprint density at radius 1 is 0.844 bits per heavy atom. The average Bonchev–Trinajstić information content (AvgIpc) is 2.82. The lowest BCUT2D eigenvalue weighted by molar-refractivity contribution is 0.217. The first-order chi connectivity index (χ1) is 15.7. The van der Waals surface area contributed by atoms with Crippen molar-refractivity contribution in [3.05, 3.63) is 59.9 Å². The highest BCUT2D eigenvalue weighted by Gasteiger charge is 2.16. The highest BCUT2D eigenvalue weighted by Crippen LogP contribution is 2.38. The van der Waals surface area contributed by atoms with Gasteiger partial charge >= 0.3 is 6.01 Å². The molecule has 5 heteroatoms. The molecule has 0 saturated heterocycles. The second-order valence-electron chi connectivity index (χ2n) is 8.41. The molecule has 0 aliphatic carbocycles. The predicted molar refractivity (Wildman–Crippen MR) is 133 cm³/mol. The minimum Gasteiger partial charge on any atom is -0.463 e. The van der Waals surface area contributed by atoms with Crippen molar-refractivity contribution < 1.29 is 4.74 Å². The molecular formula is C27H26ClN3O.